The Hall–Kier alpha value is -1.91. The van der Waals surface area contributed by atoms with E-state index in [0.717, 1.165) is 12.0 Å². The largest absolute Gasteiger partial charge is 0.481 e. The molecule has 3 atom stereocenters. The van der Waals surface area contributed by atoms with Crippen LogP contribution in [-0.4, -0.2) is 23.0 Å². The normalized spacial score (nSPS) is 23.2. The Morgan fingerprint density at radius 3 is 2.56 bits per heavy atom. The highest BCUT2D eigenvalue weighted by atomic mass is 19.1. The predicted molar refractivity (Wildman–Crippen MR) is 62.5 cm³/mol. The first-order valence-corrected chi connectivity index (χ1v) is 5.77. The molecule has 1 amide bonds. The quantitative estimate of drug-likeness (QED) is 0.797. The Labute approximate surface area is 104 Å². The third-order valence-corrected chi connectivity index (χ3v) is 3.18. The van der Waals surface area contributed by atoms with Gasteiger partial charge in [0.25, 0.3) is 0 Å². The number of carboxylic acids is 1. The summed E-state index contributed by atoms with van der Waals surface area (Å²) in [6, 6.07) is 6.10. The average Bonchev–Trinajstić information content (AvgIpc) is 3.08. The van der Waals surface area contributed by atoms with E-state index >= 15 is 0 Å². The summed E-state index contributed by atoms with van der Waals surface area (Å²) in [4.78, 5) is 22.1. The zero-order valence-corrected chi connectivity index (χ0v) is 9.89. The zero-order chi connectivity index (χ0) is 13.3. The zero-order valence-electron chi connectivity index (χ0n) is 9.89. The monoisotopic (exact) mass is 251 g/mol. The lowest BCUT2D eigenvalue weighted by Crippen LogP contribution is -2.35. The van der Waals surface area contributed by atoms with Gasteiger partial charge < -0.3 is 10.4 Å². The van der Waals surface area contributed by atoms with Crippen LogP contribution in [0.3, 0.4) is 0 Å². The van der Waals surface area contributed by atoms with Gasteiger partial charge in [-0.15, -0.1) is 0 Å². The van der Waals surface area contributed by atoms with Gasteiger partial charge in [0, 0.05) is 12.0 Å². The van der Waals surface area contributed by atoms with Gasteiger partial charge >= 0.3 is 5.97 Å². The van der Waals surface area contributed by atoms with E-state index in [1.165, 1.54) is 19.1 Å². The number of amides is 1. The Morgan fingerprint density at radius 1 is 1.39 bits per heavy atom. The van der Waals surface area contributed by atoms with Crippen molar-refractivity contribution in [3.8, 4) is 0 Å². The van der Waals surface area contributed by atoms with Crippen LogP contribution >= 0.6 is 0 Å². The lowest BCUT2D eigenvalue weighted by Gasteiger charge is -2.07. The van der Waals surface area contributed by atoms with Crippen molar-refractivity contribution in [2.45, 2.75) is 25.3 Å². The summed E-state index contributed by atoms with van der Waals surface area (Å²) in [5.41, 5.74) is 0.963. The molecule has 1 aromatic carbocycles. The van der Waals surface area contributed by atoms with Gasteiger partial charge in [-0.1, -0.05) is 12.1 Å². The molecule has 2 rings (SSSR count). The third-order valence-electron chi connectivity index (χ3n) is 3.18. The molecule has 1 aliphatic carbocycles. The number of rotatable bonds is 4. The van der Waals surface area contributed by atoms with Crippen LogP contribution in [-0.2, 0) is 9.59 Å². The van der Waals surface area contributed by atoms with Gasteiger partial charge in [-0.2, -0.15) is 0 Å². The first kappa shape index (κ1) is 12.5. The Bertz CT molecular complexity index is 472. The molecule has 4 nitrogen and oxygen atoms in total. The van der Waals surface area contributed by atoms with Crippen LogP contribution in [0.2, 0.25) is 0 Å². The minimum atomic E-state index is -1.13. The van der Waals surface area contributed by atoms with Crippen molar-refractivity contribution in [2.75, 3.05) is 0 Å². The van der Waals surface area contributed by atoms with Crippen LogP contribution < -0.4 is 5.32 Å². The molecular formula is C13H14FNO3. The highest BCUT2D eigenvalue weighted by Gasteiger charge is 2.40. The number of carbonyl (C=O) groups excluding carboxylic acids is 1. The van der Waals surface area contributed by atoms with Crippen molar-refractivity contribution < 1.29 is 19.1 Å². The number of hydrogen-bond acceptors (Lipinski definition) is 2. The molecule has 0 aliphatic heterocycles. The summed E-state index contributed by atoms with van der Waals surface area (Å²) in [6.45, 7) is 1.35. The molecule has 0 heterocycles. The van der Waals surface area contributed by atoms with Crippen LogP contribution in [0.5, 0.6) is 0 Å². The molecule has 18 heavy (non-hydrogen) atoms. The number of aliphatic carboxylic acids is 1. The van der Waals surface area contributed by atoms with E-state index in [1.54, 1.807) is 12.1 Å². The van der Waals surface area contributed by atoms with Crippen molar-refractivity contribution in [3.05, 3.63) is 35.6 Å². The molecule has 0 aromatic heterocycles. The molecule has 1 saturated carbocycles. The fraction of sp³-hybridized carbons (Fsp3) is 0.385. The third kappa shape index (κ3) is 2.67. The van der Waals surface area contributed by atoms with Crippen molar-refractivity contribution in [1.29, 1.82) is 0 Å². The summed E-state index contributed by atoms with van der Waals surface area (Å²) >= 11 is 0. The number of halogens is 1. The lowest BCUT2D eigenvalue weighted by atomic mass is 10.1. The second-order valence-corrected chi connectivity index (χ2v) is 4.57. The van der Waals surface area contributed by atoms with E-state index in [4.69, 9.17) is 5.11 Å². The minimum Gasteiger partial charge on any atom is -0.481 e. The topological polar surface area (TPSA) is 66.4 Å². The van der Waals surface area contributed by atoms with Crippen LogP contribution in [0, 0.1) is 11.7 Å². The fourth-order valence-electron chi connectivity index (χ4n) is 1.85. The van der Waals surface area contributed by atoms with Gasteiger partial charge in [-0.25, -0.2) is 4.39 Å². The van der Waals surface area contributed by atoms with Crippen LogP contribution in [0.15, 0.2) is 24.3 Å². The lowest BCUT2D eigenvalue weighted by molar-refractivity contribution is -0.146. The standard InChI is InChI=1S/C13H14FNO3/c1-7(13(17)18)12(16)15-11-6-10(11)8-2-4-9(14)5-3-8/h2-5,7,10-11H,6H2,1H3,(H,15,16)(H,17,18)/t7?,10-,11+/m0/s1. The van der Waals surface area contributed by atoms with Gasteiger partial charge in [0.15, 0.2) is 0 Å². The number of hydrogen-bond donors (Lipinski definition) is 2. The summed E-state index contributed by atoms with van der Waals surface area (Å²) < 4.78 is 12.7. The molecule has 1 unspecified atom stereocenters. The average molecular weight is 251 g/mol. The molecule has 0 saturated heterocycles. The maximum absolute atomic E-state index is 12.7. The molecule has 0 radical (unpaired) electrons. The molecule has 5 heteroatoms. The second kappa shape index (κ2) is 4.76. The highest BCUT2D eigenvalue weighted by molar-refractivity contribution is 5.96. The first-order chi connectivity index (χ1) is 8.49. The number of carbonyl (C=O) groups is 2. The van der Waals surface area contributed by atoms with Crippen molar-refractivity contribution in [2.24, 2.45) is 5.92 Å². The fourth-order valence-corrected chi connectivity index (χ4v) is 1.85. The molecule has 96 valence electrons. The van der Waals surface area contributed by atoms with Crippen LogP contribution in [0.4, 0.5) is 4.39 Å². The SMILES string of the molecule is CC(C(=O)O)C(=O)N[C@@H]1C[C@H]1c1ccc(F)cc1. The second-order valence-electron chi connectivity index (χ2n) is 4.57. The summed E-state index contributed by atoms with van der Waals surface area (Å²) in [5, 5.41) is 11.4. The Balaban J connectivity index is 1.90. The summed E-state index contributed by atoms with van der Waals surface area (Å²) in [7, 11) is 0. The van der Waals surface area contributed by atoms with E-state index in [0.29, 0.717) is 0 Å². The van der Waals surface area contributed by atoms with Gasteiger partial charge in [0.1, 0.15) is 11.7 Å². The number of benzene rings is 1. The van der Waals surface area contributed by atoms with Crippen molar-refractivity contribution >= 4 is 11.9 Å². The van der Waals surface area contributed by atoms with Crippen molar-refractivity contribution in [1.82, 2.24) is 5.32 Å². The molecule has 1 fully saturated rings. The summed E-state index contributed by atoms with van der Waals surface area (Å²) in [6.07, 6.45) is 0.768. The molecule has 1 aromatic rings. The van der Waals surface area contributed by atoms with Gasteiger partial charge in [0.05, 0.1) is 0 Å². The highest BCUT2D eigenvalue weighted by Crippen LogP contribution is 2.40. The van der Waals surface area contributed by atoms with E-state index in [-0.39, 0.29) is 17.8 Å². The molecule has 1 aliphatic rings. The Morgan fingerprint density at radius 2 is 2.00 bits per heavy atom. The Kier molecular flexibility index (Phi) is 3.32. The molecular weight excluding hydrogens is 237 g/mol. The molecule has 0 bridgehead atoms. The van der Waals surface area contributed by atoms with Gasteiger partial charge in [-0.3, -0.25) is 9.59 Å². The smallest absolute Gasteiger partial charge is 0.315 e. The van der Waals surface area contributed by atoms with Crippen LogP contribution in [0.25, 0.3) is 0 Å². The van der Waals surface area contributed by atoms with E-state index in [9.17, 15) is 14.0 Å². The van der Waals surface area contributed by atoms with E-state index in [2.05, 4.69) is 5.32 Å². The van der Waals surface area contributed by atoms with E-state index in [1.807, 2.05) is 0 Å². The minimum absolute atomic E-state index is 0.0373. The molecule has 2 N–H and O–H groups in total. The molecule has 0 spiro atoms. The van der Waals surface area contributed by atoms with E-state index < -0.39 is 17.8 Å². The van der Waals surface area contributed by atoms with Crippen molar-refractivity contribution in [3.63, 3.8) is 0 Å². The van der Waals surface area contributed by atoms with Crippen LogP contribution in [0.1, 0.15) is 24.8 Å². The first-order valence-electron chi connectivity index (χ1n) is 5.77. The van der Waals surface area contributed by atoms with Gasteiger partial charge in [-0.05, 0) is 31.0 Å². The number of carboxylic acid groups (broad SMARTS) is 1. The maximum atomic E-state index is 12.7. The number of nitrogens with one attached hydrogen (secondary N) is 1. The summed E-state index contributed by atoms with van der Waals surface area (Å²) in [5.74, 6) is -2.78. The van der Waals surface area contributed by atoms with Gasteiger partial charge in [0.2, 0.25) is 5.91 Å². The predicted octanol–water partition coefficient (Wildman–Crippen LogP) is 1.52. The maximum Gasteiger partial charge on any atom is 0.315 e.